The van der Waals surface area contributed by atoms with Crippen molar-refractivity contribution in [3.8, 4) is 0 Å². The Morgan fingerprint density at radius 2 is 2.30 bits per heavy atom. The van der Waals surface area contributed by atoms with Gasteiger partial charge in [-0.05, 0) is 43.5 Å². The molecule has 0 amide bonds. The predicted octanol–water partition coefficient (Wildman–Crippen LogP) is 3.45. The number of rotatable bonds is 5. The zero-order chi connectivity index (χ0) is 13.8. The summed E-state index contributed by atoms with van der Waals surface area (Å²) in [5.74, 6) is 0. The van der Waals surface area contributed by atoms with Gasteiger partial charge >= 0.3 is 0 Å². The van der Waals surface area contributed by atoms with Crippen LogP contribution in [0.15, 0.2) is 36.5 Å². The van der Waals surface area contributed by atoms with Gasteiger partial charge in [-0.3, -0.25) is 4.98 Å². The molecule has 2 heterocycles. The second-order valence-corrected chi connectivity index (χ2v) is 5.40. The van der Waals surface area contributed by atoms with Crippen molar-refractivity contribution in [1.29, 1.82) is 0 Å². The van der Waals surface area contributed by atoms with Crippen LogP contribution in [0.5, 0.6) is 0 Å². The second-order valence-electron chi connectivity index (χ2n) is 5.40. The molecule has 1 fully saturated rings. The van der Waals surface area contributed by atoms with Crippen molar-refractivity contribution < 1.29 is 4.74 Å². The Morgan fingerprint density at radius 1 is 1.35 bits per heavy atom. The molecule has 0 saturated carbocycles. The molecule has 2 atom stereocenters. The van der Waals surface area contributed by atoms with Crippen molar-refractivity contribution in [2.45, 2.75) is 38.3 Å². The maximum atomic E-state index is 5.93. The summed E-state index contributed by atoms with van der Waals surface area (Å²) in [7, 11) is 0. The summed E-state index contributed by atoms with van der Waals surface area (Å²) in [6.07, 6.45) is 5.57. The molecule has 106 valence electrons. The van der Waals surface area contributed by atoms with E-state index in [4.69, 9.17) is 4.74 Å². The van der Waals surface area contributed by atoms with Gasteiger partial charge in [0.05, 0.1) is 17.7 Å². The van der Waals surface area contributed by atoms with Crippen molar-refractivity contribution in [1.82, 2.24) is 10.3 Å². The van der Waals surface area contributed by atoms with Crippen LogP contribution in [0.4, 0.5) is 0 Å². The molecule has 1 aliphatic rings. The van der Waals surface area contributed by atoms with E-state index in [1.54, 1.807) is 0 Å². The van der Waals surface area contributed by atoms with Gasteiger partial charge in [-0.25, -0.2) is 0 Å². The predicted molar refractivity (Wildman–Crippen MR) is 81.8 cm³/mol. The molecule has 0 radical (unpaired) electrons. The third-order valence-electron chi connectivity index (χ3n) is 3.97. The normalized spacial score (nSPS) is 20.4. The lowest BCUT2D eigenvalue weighted by Gasteiger charge is -2.25. The van der Waals surface area contributed by atoms with E-state index in [9.17, 15) is 0 Å². The standard InChI is InChI=1S/C17H22N2O/c1-2-10-19-17(16-9-5-12-20-16)14-6-3-8-15-13(14)7-4-11-18-15/h3-4,6-8,11,16-17,19H,2,5,9-10,12H2,1H3. The first-order valence-corrected chi connectivity index (χ1v) is 7.59. The van der Waals surface area contributed by atoms with E-state index in [1.807, 2.05) is 12.3 Å². The van der Waals surface area contributed by atoms with Gasteiger partial charge in [0.2, 0.25) is 0 Å². The van der Waals surface area contributed by atoms with E-state index in [-0.39, 0.29) is 12.1 Å². The van der Waals surface area contributed by atoms with Crippen LogP contribution >= 0.6 is 0 Å². The Balaban J connectivity index is 1.99. The highest BCUT2D eigenvalue weighted by atomic mass is 16.5. The number of benzene rings is 1. The number of hydrogen-bond donors (Lipinski definition) is 1. The van der Waals surface area contributed by atoms with Crippen LogP contribution in [0.1, 0.15) is 37.8 Å². The molecular formula is C17H22N2O. The molecular weight excluding hydrogens is 248 g/mol. The van der Waals surface area contributed by atoms with Gasteiger partial charge in [0.1, 0.15) is 0 Å². The van der Waals surface area contributed by atoms with Crippen molar-refractivity contribution in [2.24, 2.45) is 0 Å². The van der Waals surface area contributed by atoms with Gasteiger partial charge in [-0.2, -0.15) is 0 Å². The van der Waals surface area contributed by atoms with E-state index < -0.39 is 0 Å². The van der Waals surface area contributed by atoms with Crippen LogP contribution in [0.25, 0.3) is 10.9 Å². The van der Waals surface area contributed by atoms with E-state index in [0.717, 1.165) is 37.9 Å². The Bertz CT molecular complexity index is 558. The summed E-state index contributed by atoms with van der Waals surface area (Å²) in [5, 5.41) is 4.90. The molecule has 1 N–H and O–H groups in total. The van der Waals surface area contributed by atoms with Crippen LogP contribution in [-0.2, 0) is 4.74 Å². The average Bonchev–Trinajstić information content (AvgIpc) is 3.02. The summed E-state index contributed by atoms with van der Waals surface area (Å²) in [5.41, 5.74) is 2.38. The first-order valence-electron chi connectivity index (χ1n) is 7.59. The van der Waals surface area contributed by atoms with Crippen molar-refractivity contribution in [3.63, 3.8) is 0 Å². The maximum absolute atomic E-state index is 5.93. The number of ether oxygens (including phenoxy) is 1. The highest BCUT2D eigenvalue weighted by Gasteiger charge is 2.27. The van der Waals surface area contributed by atoms with Crippen LogP contribution in [0, 0.1) is 0 Å². The van der Waals surface area contributed by atoms with Gasteiger partial charge in [0.25, 0.3) is 0 Å². The summed E-state index contributed by atoms with van der Waals surface area (Å²) in [6, 6.07) is 10.8. The lowest BCUT2D eigenvalue weighted by atomic mass is 9.95. The maximum Gasteiger partial charge on any atom is 0.0770 e. The van der Waals surface area contributed by atoms with Gasteiger partial charge in [0, 0.05) is 18.2 Å². The van der Waals surface area contributed by atoms with E-state index >= 15 is 0 Å². The first kappa shape index (κ1) is 13.5. The van der Waals surface area contributed by atoms with Crippen LogP contribution in [-0.4, -0.2) is 24.2 Å². The largest absolute Gasteiger partial charge is 0.376 e. The highest BCUT2D eigenvalue weighted by molar-refractivity contribution is 5.82. The fourth-order valence-electron chi connectivity index (χ4n) is 3.01. The van der Waals surface area contributed by atoms with E-state index in [0.29, 0.717) is 0 Å². The third-order valence-corrected chi connectivity index (χ3v) is 3.97. The Hall–Kier alpha value is -1.45. The van der Waals surface area contributed by atoms with E-state index in [1.165, 1.54) is 10.9 Å². The molecule has 0 bridgehead atoms. The molecule has 3 nitrogen and oxygen atoms in total. The molecule has 3 heteroatoms. The molecule has 1 saturated heterocycles. The lowest BCUT2D eigenvalue weighted by molar-refractivity contribution is 0.0787. The summed E-state index contributed by atoms with van der Waals surface area (Å²) in [4.78, 5) is 4.46. The number of hydrogen-bond acceptors (Lipinski definition) is 3. The van der Waals surface area contributed by atoms with Gasteiger partial charge in [-0.15, -0.1) is 0 Å². The Labute approximate surface area is 120 Å². The molecule has 1 aromatic heterocycles. The second kappa shape index (κ2) is 6.33. The van der Waals surface area contributed by atoms with Gasteiger partial charge in [0.15, 0.2) is 0 Å². The van der Waals surface area contributed by atoms with Crippen molar-refractivity contribution in [2.75, 3.05) is 13.2 Å². The first-order chi connectivity index (χ1) is 9.90. The number of pyridine rings is 1. The van der Waals surface area contributed by atoms with Gasteiger partial charge < -0.3 is 10.1 Å². The number of nitrogens with one attached hydrogen (secondary N) is 1. The molecule has 2 unspecified atom stereocenters. The summed E-state index contributed by atoms with van der Waals surface area (Å²) >= 11 is 0. The smallest absolute Gasteiger partial charge is 0.0770 e. The number of nitrogens with zero attached hydrogens (tertiary/aromatic N) is 1. The molecule has 0 aliphatic carbocycles. The topological polar surface area (TPSA) is 34.2 Å². The Morgan fingerprint density at radius 3 is 3.10 bits per heavy atom. The van der Waals surface area contributed by atoms with Crippen LogP contribution in [0.3, 0.4) is 0 Å². The molecule has 1 aliphatic heterocycles. The summed E-state index contributed by atoms with van der Waals surface area (Å²) < 4.78 is 5.93. The third kappa shape index (κ3) is 2.69. The SMILES string of the molecule is CCCNC(c1cccc2ncccc12)C1CCCO1. The zero-order valence-corrected chi connectivity index (χ0v) is 12.0. The molecule has 0 spiro atoms. The van der Waals surface area contributed by atoms with Crippen LogP contribution < -0.4 is 5.32 Å². The average molecular weight is 270 g/mol. The molecule has 3 rings (SSSR count). The van der Waals surface area contributed by atoms with E-state index in [2.05, 4.69) is 41.5 Å². The molecule has 20 heavy (non-hydrogen) atoms. The minimum Gasteiger partial charge on any atom is -0.376 e. The lowest BCUT2D eigenvalue weighted by Crippen LogP contribution is -2.32. The number of fused-ring (bicyclic) bond motifs is 1. The van der Waals surface area contributed by atoms with Crippen molar-refractivity contribution >= 4 is 10.9 Å². The highest BCUT2D eigenvalue weighted by Crippen LogP contribution is 2.31. The molecule has 2 aromatic rings. The Kier molecular flexibility index (Phi) is 4.28. The quantitative estimate of drug-likeness (QED) is 0.903. The molecule has 1 aromatic carbocycles. The minimum atomic E-state index is 0.269. The monoisotopic (exact) mass is 270 g/mol. The fraction of sp³-hybridized carbons (Fsp3) is 0.471. The zero-order valence-electron chi connectivity index (χ0n) is 12.0. The fourth-order valence-corrected chi connectivity index (χ4v) is 3.01. The number of aromatic nitrogens is 1. The van der Waals surface area contributed by atoms with Gasteiger partial charge in [-0.1, -0.05) is 25.1 Å². The van der Waals surface area contributed by atoms with Crippen molar-refractivity contribution in [3.05, 3.63) is 42.1 Å². The summed E-state index contributed by atoms with van der Waals surface area (Å²) in [6.45, 7) is 4.10. The minimum absolute atomic E-state index is 0.269. The van der Waals surface area contributed by atoms with Crippen LogP contribution in [0.2, 0.25) is 0 Å².